The summed E-state index contributed by atoms with van der Waals surface area (Å²) in [6.45, 7) is 0.714. The van der Waals surface area contributed by atoms with Gasteiger partial charge in [-0.25, -0.2) is 9.18 Å². The maximum atomic E-state index is 13.8. The van der Waals surface area contributed by atoms with E-state index in [0.29, 0.717) is 18.0 Å². The minimum atomic E-state index is -0.743. The Morgan fingerprint density at radius 2 is 2.33 bits per heavy atom. The van der Waals surface area contributed by atoms with Gasteiger partial charge in [0.2, 0.25) is 0 Å². The highest BCUT2D eigenvalue weighted by Gasteiger charge is 2.28. The van der Waals surface area contributed by atoms with Gasteiger partial charge in [-0.2, -0.15) is 0 Å². The molecule has 1 aromatic carbocycles. The smallest absolute Gasteiger partial charge is 0.327 e. The predicted octanol–water partition coefficient (Wildman–Crippen LogP) is 2.80. The SMILES string of the molecule is COC(=O)C(NCC1CC1)c1cc(Br)ccc1F. The van der Waals surface area contributed by atoms with Crippen LogP contribution in [0.3, 0.4) is 0 Å². The molecule has 1 atom stereocenters. The Bertz CT molecular complexity index is 449. The third-order valence-corrected chi connectivity index (χ3v) is 3.51. The van der Waals surface area contributed by atoms with Gasteiger partial charge in [-0.15, -0.1) is 0 Å². The molecular weight excluding hydrogens is 301 g/mol. The van der Waals surface area contributed by atoms with Gasteiger partial charge in [-0.1, -0.05) is 15.9 Å². The molecule has 3 nitrogen and oxygen atoms in total. The van der Waals surface area contributed by atoms with Crippen LogP contribution in [0.25, 0.3) is 0 Å². The molecular formula is C13H15BrFNO2. The van der Waals surface area contributed by atoms with Crippen molar-refractivity contribution in [2.45, 2.75) is 18.9 Å². The topological polar surface area (TPSA) is 38.3 Å². The lowest BCUT2D eigenvalue weighted by Gasteiger charge is -2.17. The molecule has 5 heteroatoms. The van der Waals surface area contributed by atoms with E-state index in [2.05, 4.69) is 21.2 Å². The van der Waals surface area contributed by atoms with Crippen LogP contribution >= 0.6 is 15.9 Å². The van der Waals surface area contributed by atoms with Gasteiger partial charge in [0.25, 0.3) is 0 Å². The van der Waals surface area contributed by atoms with Crippen molar-refractivity contribution in [2.75, 3.05) is 13.7 Å². The van der Waals surface area contributed by atoms with Crippen LogP contribution in [0.2, 0.25) is 0 Å². The van der Waals surface area contributed by atoms with E-state index in [-0.39, 0.29) is 0 Å². The summed E-state index contributed by atoms with van der Waals surface area (Å²) < 4.78 is 19.3. The molecule has 0 aliphatic heterocycles. The zero-order valence-corrected chi connectivity index (χ0v) is 11.7. The van der Waals surface area contributed by atoms with Gasteiger partial charge in [-0.05, 0) is 43.5 Å². The fraction of sp³-hybridized carbons (Fsp3) is 0.462. The van der Waals surface area contributed by atoms with Gasteiger partial charge >= 0.3 is 5.97 Å². The van der Waals surface area contributed by atoms with Crippen LogP contribution in [0, 0.1) is 11.7 Å². The first-order valence-electron chi connectivity index (χ1n) is 5.88. The molecule has 1 N–H and O–H groups in total. The Labute approximate surface area is 114 Å². The van der Waals surface area contributed by atoms with E-state index in [1.807, 2.05) is 0 Å². The molecule has 0 heterocycles. The van der Waals surface area contributed by atoms with Gasteiger partial charge in [0.05, 0.1) is 7.11 Å². The molecule has 0 radical (unpaired) electrons. The van der Waals surface area contributed by atoms with Crippen LogP contribution in [0.4, 0.5) is 4.39 Å². The highest BCUT2D eigenvalue weighted by atomic mass is 79.9. The molecule has 0 amide bonds. The van der Waals surface area contributed by atoms with Crippen LogP contribution < -0.4 is 5.32 Å². The number of carbonyl (C=O) groups is 1. The number of halogens is 2. The number of esters is 1. The van der Waals surface area contributed by atoms with Crippen LogP contribution in [0.15, 0.2) is 22.7 Å². The average Bonchev–Trinajstić information content (AvgIpc) is 3.17. The van der Waals surface area contributed by atoms with E-state index in [0.717, 1.165) is 4.47 Å². The fourth-order valence-corrected chi connectivity index (χ4v) is 2.16. The van der Waals surface area contributed by atoms with E-state index >= 15 is 0 Å². The van der Waals surface area contributed by atoms with Gasteiger partial charge in [0, 0.05) is 10.0 Å². The first-order valence-corrected chi connectivity index (χ1v) is 6.67. The Balaban J connectivity index is 2.19. The molecule has 1 aliphatic rings. The largest absolute Gasteiger partial charge is 0.468 e. The monoisotopic (exact) mass is 315 g/mol. The van der Waals surface area contributed by atoms with Crippen molar-refractivity contribution in [1.82, 2.24) is 5.32 Å². The standard InChI is InChI=1S/C13H15BrFNO2/c1-18-13(17)12(16-7-8-2-3-8)10-6-9(14)4-5-11(10)15/h4-6,8,12,16H,2-3,7H2,1H3. The maximum Gasteiger partial charge on any atom is 0.327 e. The number of ether oxygens (including phenoxy) is 1. The molecule has 1 fully saturated rings. The maximum absolute atomic E-state index is 13.8. The quantitative estimate of drug-likeness (QED) is 0.849. The van der Waals surface area contributed by atoms with Crippen molar-refractivity contribution in [3.63, 3.8) is 0 Å². The van der Waals surface area contributed by atoms with Crippen molar-refractivity contribution >= 4 is 21.9 Å². The normalized spacial score (nSPS) is 16.4. The number of rotatable bonds is 5. The summed E-state index contributed by atoms with van der Waals surface area (Å²) in [7, 11) is 1.31. The number of hydrogen-bond donors (Lipinski definition) is 1. The number of hydrogen-bond acceptors (Lipinski definition) is 3. The number of methoxy groups -OCH3 is 1. The molecule has 1 unspecified atom stereocenters. The Morgan fingerprint density at radius 3 is 2.94 bits per heavy atom. The number of nitrogens with one attached hydrogen (secondary N) is 1. The van der Waals surface area contributed by atoms with E-state index in [9.17, 15) is 9.18 Å². The van der Waals surface area contributed by atoms with Crippen molar-refractivity contribution in [2.24, 2.45) is 5.92 Å². The van der Waals surface area contributed by atoms with Gasteiger partial charge in [0.1, 0.15) is 11.9 Å². The van der Waals surface area contributed by atoms with Gasteiger partial charge in [-0.3, -0.25) is 0 Å². The summed E-state index contributed by atoms with van der Waals surface area (Å²) in [5, 5.41) is 3.08. The zero-order chi connectivity index (χ0) is 13.1. The summed E-state index contributed by atoms with van der Waals surface area (Å²) in [4.78, 5) is 11.7. The van der Waals surface area contributed by atoms with Gasteiger partial charge in [0.15, 0.2) is 0 Å². The highest BCUT2D eigenvalue weighted by molar-refractivity contribution is 9.10. The highest BCUT2D eigenvalue weighted by Crippen LogP contribution is 2.29. The summed E-state index contributed by atoms with van der Waals surface area (Å²) >= 11 is 3.28. The molecule has 98 valence electrons. The molecule has 1 saturated carbocycles. The Hall–Kier alpha value is -0.940. The lowest BCUT2D eigenvalue weighted by Crippen LogP contribution is -2.31. The van der Waals surface area contributed by atoms with Crippen LogP contribution in [-0.4, -0.2) is 19.6 Å². The second-order valence-corrected chi connectivity index (χ2v) is 5.39. The van der Waals surface area contributed by atoms with Crippen molar-refractivity contribution < 1.29 is 13.9 Å². The molecule has 0 aromatic heterocycles. The zero-order valence-electron chi connectivity index (χ0n) is 10.1. The van der Waals surface area contributed by atoms with Crippen molar-refractivity contribution in [3.05, 3.63) is 34.1 Å². The summed E-state index contributed by atoms with van der Waals surface area (Å²) in [6.07, 6.45) is 2.34. The molecule has 0 bridgehead atoms. The van der Waals surface area contributed by atoms with Gasteiger partial charge < -0.3 is 10.1 Å². The Kier molecular flexibility index (Phi) is 4.35. The first kappa shape index (κ1) is 13.5. The summed E-state index contributed by atoms with van der Waals surface area (Å²) in [5.74, 6) is -0.267. The molecule has 2 rings (SSSR count). The van der Waals surface area contributed by atoms with Crippen LogP contribution in [0.1, 0.15) is 24.4 Å². The molecule has 1 aromatic rings. The minimum absolute atomic E-state index is 0.317. The second kappa shape index (κ2) is 5.80. The van der Waals surface area contributed by atoms with Crippen LogP contribution in [0.5, 0.6) is 0 Å². The summed E-state index contributed by atoms with van der Waals surface area (Å²) in [6, 6.07) is 3.81. The Morgan fingerprint density at radius 1 is 1.61 bits per heavy atom. The number of carbonyl (C=O) groups excluding carboxylic acids is 1. The molecule has 18 heavy (non-hydrogen) atoms. The second-order valence-electron chi connectivity index (χ2n) is 4.47. The van der Waals surface area contributed by atoms with Crippen molar-refractivity contribution in [3.8, 4) is 0 Å². The van der Waals surface area contributed by atoms with Crippen LogP contribution in [-0.2, 0) is 9.53 Å². The number of benzene rings is 1. The first-order chi connectivity index (χ1) is 8.61. The van der Waals surface area contributed by atoms with E-state index in [1.165, 1.54) is 26.0 Å². The lowest BCUT2D eigenvalue weighted by molar-refractivity contribution is -0.143. The molecule has 0 spiro atoms. The fourth-order valence-electron chi connectivity index (χ4n) is 1.78. The average molecular weight is 316 g/mol. The van der Waals surface area contributed by atoms with E-state index in [4.69, 9.17) is 4.74 Å². The van der Waals surface area contributed by atoms with Crippen molar-refractivity contribution in [1.29, 1.82) is 0 Å². The summed E-state index contributed by atoms with van der Waals surface area (Å²) in [5.41, 5.74) is 0.317. The van der Waals surface area contributed by atoms with E-state index < -0.39 is 17.8 Å². The predicted molar refractivity (Wildman–Crippen MR) is 69.6 cm³/mol. The third-order valence-electron chi connectivity index (χ3n) is 3.01. The minimum Gasteiger partial charge on any atom is -0.468 e. The lowest BCUT2D eigenvalue weighted by atomic mass is 10.1. The van der Waals surface area contributed by atoms with E-state index in [1.54, 1.807) is 12.1 Å². The molecule has 0 saturated heterocycles. The molecule has 1 aliphatic carbocycles. The third kappa shape index (κ3) is 3.29.